The molecule has 0 radical (unpaired) electrons. The van der Waals surface area contributed by atoms with E-state index in [9.17, 15) is 0 Å². The zero-order valence-electron chi connectivity index (χ0n) is 15.0. The van der Waals surface area contributed by atoms with Crippen LogP contribution in [0.25, 0.3) is 22.3 Å². The largest absolute Gasteiger partial charge is 0.346 e. The predicted molar refractivity (Wildman–Crippen MR) is 102 cm³/mol. The van der Waals surface area contributed by atoms with Crippen LogP contribution in [0.15, 0.2) is 42.9 Å². The molecule has 3 heterocycles. The minimum absolute atomic E-state index is 0.786. The summed E-state index contributed by atoms with van der Waals surface area (Å²) in [6.07, 6.45) is 5.86. The molecule has 0 aliphatic carbocycles. The molecule has 5 nitrogen and oxygen atoms in total. The minimum atomic E-state index is 0.786. The number of rotatable bonds is 4. The van der Waals surface area contributed by atoms with E-state index in [-0.39, 0.29) is 0 Å². The van der Waals surface area contributed by atoms with E-state index in [1.54, 1.807) is 12.4 Å². The van der Waals surface area contributed by atoms with E-state index >= 15 is 0 Å². The predicted octanol–water partition coefficient (Wildman–Crippen LogP) is 2.65. The van der Waals surface area contributed by atoms with Crippen molar-refractivity contribution in [1.82, 2.24) is 24.3 Å². The van der Waals surface area contributed by atoms with E-state index in [0.29, 0.717) is 0 Å². The van der Waals surface area contributed by atoms with Crippen molar-refractivity contribution in [1.29, 1.82) is 0 Å². The monoisotopic (exact) mass is 335 g/mol. The molecule has 5 heteroatoms. The third kappa shape index (κ3) is 3.43. The Morgan fingerprint density at radius 2 is 1.76 bits per heavy atom. The Hall–Kier alpha value is -2.24. The van der Waals surface area contributed by atoms with Crippen molar-refractivity contribution in [3.05, 3.63) is 48.4 Å². The average Bonchev–Trinajstić information content (AvgIpc) is 2.97. The van der Waals surface area contributed by atoms with Crippen molar-refractivity contribution in [3.8, 4) is 11.4 Å². The summed E-state index contributed by atoms with van der Waals surface area (Å²) in [5.74, 6) is 0.786. The summed E-state index contributed by atoms with van der Waals surface area (Å²) in [7, 11) is 2.20. The number of likely N-dealkylation sites (N-methyl/N-ethyl adjacent to an activating group) is 1. The van der Waals surface area contributed by atoms with Gasteiger partial charge in [0.25, 0.3) is 0 Å². The second-order valence-corrected chi connectivity index (χ2v) is 6.95. The number of nitrogens with zero attached hydrogens (tertiary/aromatic N) is 5. The molecule has 25 heavy (non-hydrogen) atoms. The van der Waals surface area contributed by atoms with Gasteiger partial charge in [0.2, 0.25) is 0 Å². The molecule has 2 aromatic heterocycles. The van der Waals surface area contributed by atoms with E-state index in [4.69, 9.17) is 0 Å². The van der Waals surface area contributed by atoms with Crippen LogP contribution in [-0.2, 0) is 6.54 Å². The van der Waals surface area contributed by atoms with Gasteiger partial charge < -0.3 is 9.47 Å². The van der Waals surface area contributed by atoms with Crippen molar-refractivity contribution >= 4 is 10.9 Å². The summed E-state index contributed by atoms with van der Waals surface area (Å²) >= 11 is 0. The first-order chi connectivity index (χ1) is 12.2. The van der Waals surface area contributed by atoms with Gasteiger partial charge in [-0.3, -0.25) is 4.90 Å². The number of hydrogen-bond acceptors (Lipinski definition) is 4. The molecule has 130 valence electrons. The highest BCUT2D eigenvalue weighted by molar-refractivity contribution is 5.87. The molecule has 0 unspecified atom stereocenters. The molecule has 3 aromatic rings. The van der Waals surface area contributed by atoms with Crippen LogP contribution in [0, 0.1) is 6.92 Å². The summed E-state index contributed by atoms with van der Waals surface area (Å²) in [5, 5.41) is 1.29. The maximum Gasteiger partial charge on any atom is 0.159 e. The van der Waals surface area contributed by atoms with E-state index in [0.717, 1.165) is 24.5 Å². The van der Waals surface area contributed by atoms with Gasteiger partial charge in [-0.25, -0.2) is 9.97 Å². The third-order valence-corrected chi connectivity index (χ3v) is 5.16. The van der Waals surface area contributed by atoms with Gasteiger partial charge in [-0.1, -0.05) is 0 Å². The highest BCUT2D eigenvalue weighted by Crippen LogP contribution is 2.26. The second-order valence-electron chi connectivity index (χ2n) is 6.95. The lowest BCUT2D eigenvalue weighted by Gasteiger charge is -2.32. The van der Waals surface area contributed by atoms with Crippen molar-refractivity contribution < 1.29 is 0 Å². The summed E-state index contributed by atoms with van der Waals surface area (Å²) in [4.78, 5) is 13.7. The van der Waals surface area contributed by atoms with Gasteiger partial charge in [0.15, 0.2) is 5.82 Å². The molecular weight excluding hydrogens is 310 g/mol. The zero-order valence-corrected chi connectivity index (χ0v) is 15.0. The number of fused-ring (bicyclic) bond motifs is 1. The Bertz CT molecular complexity index is 847. The number of hydrogen-bond donors (Lipinski definition) is 0. The molecule has 0 spiro atoms. The van der Waals surface area contributed by atoms with Gasteiger partial charge in [-0.2, -0.15) is 0 Å². The van der Waals surface area contributed by atoms with Crippen LogP contribution in [0.4, 0.5) is 0 Å². The highest BCUT2D eigenvalue weighted by atomic mass is 15.2. The van der Waals surface area contributed by atoms with Crippen LogP contribution in [0.1, 0.15) is 5.56 Å². The third-order valence-electron chi connectivity index (χ3n) is 5.16. The maximum atomic E-state index is 4.37. The Labute approximate surface area is 148 Å². The second kappa shape index (κ2) is 6.94. The first-order valence-electron chi connectivity index (χ1n) is 8.98. The first-order valence-corrected chi connectivity index (χ1v) is 8.98. The molecule has 1 aromatic carbocycles. The van der Waals surface area contributed by atoms with E-state index in [1.807, 2.05) is 6.07 Å². The molecule has 0 atom stereocenters. The fraction of sp³-hybridized carbons (Fsp3) is 0.400. The van der Waals surface area contributed by atoms with Crippen molar-refractivity contribution in [2.24, 2.45) is 0 Å². The fourth-order valence-electron chi connectivity index (χ4n) is 3.57. The van der Waals surface area contributed by atoms with Gasteiger partial charge in [0.05, 0.1) is 0 Å². The molecule has 0 saturated carbocycles. The SMILES string of the molecule is Cc1cn(CCN2CCN(C)CC2)c2ccc(-c3ncccn3)cc12. The standard InChI is InChI=1S/C20H25N5/c1-16-15-25(13-12-24-10-8-23(2)9-11-24)19-5-4-17(14-18(16)19)20-21-6-3-7-22-20/h3-7,14-15H,8-13H2,1-2H3. The summed E-state index contributed by atoms with van der Waals surface area (Å²) < 4.78 is 2.39. The van der Waals surface area contributed by atoms with Crippen LogP contribution in [-0.4, -0.2) is 64.1 Å². The molecule has 1 aliphatic rings. The number of aromatic nitrogens is 3. The lowest BCUT2D eigenvalue weighted by molar-refractivity contribution is 0.150. The van der Waals surface area contributed by atoms with Gasteiger partial charge in [-0.05, 0) is 43.8 Å². The molecule has 1 fully saturated rings. The Kier molecular flexibility index (Phi) is 4.51. The fourth-order valence-corrected chi connectivity index (χ4v) is 3.57. The topological polar surface area (TPSA) is 37.2 Å². The smallest absolute Gasteiger partial charge is 0.159 e. The lowest BCUT2D eigenvalue weighted by Crippen LogP contribution is -2.45. The van der Waals surface area contributed by atoms with Gasteiger partial charge >= 0.3 is 0 Å². The number of benzene rings is 1. The zero-order chi connectivity index (χ0) is 17.2. The van der Waals surface area contributed by atoms with E-state index in [2.05, 4.69) is 62.7 Å². The molecule has 1 aliphatic heterocycles. The van der Waals surface area contributed by atoms with Gasteiger partial charge in [0.1, 0.15) is 0 Å². The van der Waals surface area contributed by atoms with Crippen molar-refractivity contribution in [2.75, 3.05) is 39.8 Å². The molecule has 0 bridgehead atoms. The van der Waals surface area contributed by atoms with Crippen LogP contribution in [0.3, 0.4) is 0 Å². The van der Waals surface area contributed by atoms with Crippen molar-refractivity contribution in [3.63, 3.8) is 0 Å². The summed E-state index contributed by atoms with van der Waals surface area (Å²) in [5.41, 5.74) is 3.69. The summed E-state index contributed by atoms with van der Waals surface area (Å²) in [6.45, 7) is 9.02. The molecule has 0 amide bonds. The Morgan fingerprint density at radius 3 is 2.52 bits per heavy atom. The Balaban J connectivity index is 1.54. The Morgan fingerprint density at radius 1 is 1.00 bits per heavy atom. The van der Waals surface area contributed by atoms with Gasteiger partial charge in [-0.15, -0.1) is 0 Å². The quantitative estimate of drug-likeness (QED) is 0.735. The maximum absolute atomic E-state index is 4.37. The molecule has 4 rings (SSSR count). The van der Waals surface area contributed by atoms with Gasteiger partial charge in [0, 0.05) is 74.3 Å². The van der Waals surface area contributed by atoms with E-state index in [1.165, 1.54) is 42.6 Å². The highest BCUT2D eigenvalue weighted by Gasteiger charge is 2.14. The van der Waals surface area contributed by atoms with Crippen LogP contribution < -0.4 is 0 Å². The lowest BCUT2D eigenvalue weighted by atomic mass is 10.1. The number of aryl methyl sites for hydroxylation is 1. The van der Waals surface area contributed by atoms with E-state index < -0.39 is 0 Å². The minimum Gasteiger partial charge on any atom is -0.346 e. The molecule has 0 N–H and O–H groups in total. The average molecular weight is 335 g/mol. The molecule has 1 saturated heterocycles. The molecular formula is C20H25N5. The van der Waals surface area contributed by atoms with Crippen LogP contribution in [0.5, 0.6) is 0 Å². The van der Waals surface area contributed by atoms with Crippen LogP contribution in [0.2, 0.25) is 0 Å². The summed E-state index contributed by atoms with van der Waals surface area (Å²) in [6, 6.07) is 8.40. The van der Waals surface area contributed by atoms with Crippen LogP contribution >= 0.6 is 0 Å². The first kappa shape index (κ1) is 16.2. The number of piperazine rings is 1. The normalized spacial score (nSPS) is 16.6. The van der Waals surface area contributed by atoms with Crippen molar-refractivity contribution in [2.45, 2.75) is 13.5 Å².